The van der Waals surface area contributed by atoms with Gasteiger partial charge in [0.2, 0.25) is 0 Å². The Labute approximate surface area is 124 Å². The molecule has 2 heterocycles. The molecule has 0 saturated carbocycles. The number of hydrogen-bond acceptors (Lipinski definition) is 3. The molecule has 0 aliphatic carbocycles. The summed E-state index contributed by atoms with van der Waals surface area (Å²) in [5.41, 5.74) is 2.47. The zero-order valence-electron chi connectivity index (χ0n) is 12.3. The monoisotopic (exact) mass is 286 g/mol. The van der Waals surface area contributed by atoms with Crippen LogP contribution in [-0.4, -0.2) is 47.0 Å². The maximum atomic E-state index is 12.2. The summed E-state index contributed by atoms with van der Waals surface area (Å²) in [4.78, 5) is 21.8. The average Bonchev–Trinajstić information content (AvgIpc) is 2.82. The summed E-state index contributed by atoms with van der Waals surface area (Å²) in [5, 5.41) is 3.01. The van der Waals surface area contributed by atoms with Crippen LogP contribution in [0.15, 0.2) is 24.5 Å². The fourth-order valence-corrected chi connectivity index (χ4v) is 2.87. The molecule has 1 amide bonds. The summed E-state index contributed by atoms with van der Waals surface area (Å²) >= 11 is 0. The molecule has 5 nitrogen and oxygen atoms in total. The molecule has 1 aromatic carbocycles. The van der Waals surface area contributed by atoms with Crippen molar-refractivity contribution in [1.82, 2.24) is 20.2 Å². The third-order valence-electron chi connectivity index (χ3n) is 4.09. The number of H-pyrrole nitrogens is 1. The molecule has 112 valence electrons. The molecule has 1 fully saturated rings. The van der Waals surface area contributed by atoms with E-state index in [1.807, 2.05) is 18.2 Å². The van der Waals surface area contributed by atoms with Crippen LogP contribution in [0.25, 0.3) is 11.0 Å². The van der Waals surface area contributed by atoms with Gasteiger partial charge in [0.1, 0.15) is 0 Å². The number of imidazole rings is 1. The number of nitrogens with zero attached hydrogens (tertiary/aromatic N) is 2. The number of hydrogen-bond donors (Lipinski definition) is 2. The molecular formula is C16H22N4O. The minimum atomic E-state index is -0.0127. The van der Waals surface area contributed by atoms with Gasteiger partial charge in [0, 0.05) is 18.7 Å². The summed E-state index contributed by atoms with van der Waals surface area (Å²) in [6.45, 7) is 3.98. The van der Waals surface area contributed by atoms with Crippen molar-refractivity contribution in [3.05, 3.63) is 30.1 Å². The van der Waals surface area contributed by atoms with E-state index in [0.29, 0.717) is 12.1 Å². The van der Waals surface area contributed by atoms with Gasteiger partial charge in [-0.25, -0.2) is 4.98 Å². The van der Waals surface area contributed by atoms with E-state index < -0.39 is 0 Å². The smallest absolute Gasteiger partial charge is 0.251 e. The number of aromatic amines is 1. The number of carbonyl (C=O) groups is 1. The van der Waals surface area contributed by atoms with Gasteiger partial charge in [0.15, 0.2) is 0 Å². The van der Waals surface area contributed by atoms with Gasteiger partial charge in [0.05, 0.1) is 17.4 Å². The molecule has 0 radical (unpaired) electrons. The van der Waals surface area contributed by atoms with Gasteiger partial charge < -0.3 is 15.2 Å². The molecule has 1 aromatic heterocycles. The van der Waals surface area contributed by atoms with Crippen molar-refractivity contribution in [2.75, 3.05) is 26.2 Å². The molecule has 1 aliphatic heterocycles. The van der Waals surface area contributed by atoms with E-state index in [1.54, 1.807) is 6.33 Å². The molecule has 2 N–H and O–H groups in total. The summed E-state index contributed by atoms with van der Waals surface area (Å²) in [6.07, 6.45) is 6.89. The Hall–Kier alpha value is -1.88. The van der Waals surface area contributed by atoms with Gasteiger partial charge in [-0.2, -0.15) is 0 Å². The topological polar surface area (TPSA) is 61.0 Å². The van der Waals surface area contributed by atoms with Crippen molar-refractivity contribution in [2.45, 2.75) is 25.7 Å². The summed E-state index contributed by atoms with van der Waals surface area (Å²) < 4.78 is 0. The molecule has 0 bridgehead atoms. The highest BCUT2D eigenvalue weighted by atomic mass is 16.1. The first-order valence-corrected chi connectivity index (χ1v) is 7.76. The van der Waals surface area contributed by atoms with Gasteiger partial charge in [0.25, 0.3) is 5.91 Å². The standard InChI is InChI=1S/C16H22N4O/c21-16(13-5-6-14-15(11-13)19-12-18-14)17-7-10-20-8-3-1-2-4-9-20/h5-6,11-12H,1-4,7-10H2,(H,17,21)(H,18,19). The number of nitrogens with one attached hydrogen (secondary N) is 2. The Bertz CT molecular complexity index is 599. The molecule has 0 spiro atoms. The van der Waals surface area contributed by atoms with E-state index >= 15 is 0 Å². The van der Waals surface area contributed by atoms with Gasteiger partial charge in [-0.15, -0.1) is 0 Å². The van der Waals surface area contributed by atoms with Crippen molar-refractivity contribution in [3.63, 3.8) is 0 Å². The lowest BCUT2D eigenvalue weighted by Crippen LogP contribution is -2.35. The van der Waals surface area contributed by atoms with Crippen LogP contribution in [0.2, 0.25) is 0 Å². The maximum Gasteiger partial charge on any atom is 0.251 e. The largest absolute Gasteiger partial charge is 0.351 e. The number of aromatic nitrogens is 2. The van der Waals surface area contributed by atoms with Crippen LogP contribution in [0, 0.1) is 0 Å². The van der Waals surface area contributed by atoms with Gasteiger partial charge >= 0.3 is 0 Å². The number of benzene rings is 1. The fourth-order valence-electron chi connectivity index (χ4n) is 2.87. The first kappa shape index (κ1) is 14.1. The Balaban J connectivity index is 1.51. The third-order valence-corrected chi connectivity index (χ3v) is 4.09. The Morgan fingerprint density at radius 3 is 2.86 bits per heavy atom. The Morgan fingerprint density at radius 1 is 1.24 bits per heavy atom. The lowest BCUT2D eigenvalue weighted by atomic mass is 10.2. The van der Waals surface area contributed by atoms with Gasteiger partial charge in [-0.3, -0.25) is 4.79 Å². The SMILES string of the molecule is O=C(NCCN1CCCCCC1)c1ccc2nc[nH]c2c1. The molecule has 0 unspecified atom stereocenters. The number of carbonyl (C=O) groups excluding carboxylic acids is 1. The first-order valence-electron chi connectivity index (χ1n) is 7.76. The Kier molecular flexibility index (Phi) is 4.50. The van der Waals surface area contributed by atoms with Crippen molar-refractivity contribution < 1.29 is 4.79 Å². The van der Waals surface area contributed by atoms with Crippen LogP contribution in [0.1, 0.15) is 36.0 Å². The van der Waals surface area contributed by atoms with E-state index in [-0.39, 0.29) is 5.91 Å². The second kappa shape index (κ2) is 6.72. The molecule has 1 saturated heterocycles. The molecule has 5 heteroatoms. The summed E-state index contributed by atoms with van der Waals surface area (Å²) in [7, 11) is 0. The highest BCUT2D eigenvalue weighted by Crippen LogP contribution is 2.11. The molecular weight excluding hydrogens is 264 g/mol. The highest BCUT2D eigenvalue weighted by Gasteiger charge is 2.10. The van der Waals surface area contributed by atoms with E-state index in [4.69, 9.17) is 0 Å². The van der Waals surface area contributed by atoms with E-state index in [2.05, 4.69) is 20.2 Å². The summed E-state index contributed by atoms with van der Waals surface area (Å²) in [5.74, 6) is -0.0127. The van der Waals surface area contributed by atoms with Gasteiger partial charge in [-0.05, 0) is 44.1 Å². The number of amides is 1. The van der Waals surface area contributed by atoms with Crippen LogP contribution < -0.4 is 5.32 Å². The second-order valence-corrected chi connectivity index (χ2v) is 5.65. The van der Waals surface area contributed by atoms with Crippen molar-refractivity contribution in [2.24, 2.45) is 0 Å². The quantitative estimate of drug-likeness (QED) is 0.905. The maximum absolute atomic E-state index is 12.2. The van der Waals surface area contributed by atoms with E-state index in [1.165, 1.54) is 25.7 Å². The Morgan fingerprint density at radius 2 is 2.05 bits per heavy atom. The highest BCUT2D eigenvalue weighted by molar-refractivity contribution is 5.97. The molecule has 21 heavy (non-hydrogen) atoms. The number of rotatable bonds is 4. The lowest BCUT2D eigenvalue weighted by Gasteiger charge is -2.19. The minimum absolute atomic E-state index is 0.0127. The predicted octanol–water partition coefficient (Wildman–Crippen LogP) is 2.17. The van der Waals surface area contributed by atoms with Crippen LogP contribution in [0.5, 0.6) is 0 Å². The zero-order valence-corrected chi connectivity index (χ0v) is 12.3. The second-order valence-electron chi connectivity index (χ2n) is 5.65. The van der Waals surface area contributed by atoms with E-state index in [0.717, 1.165) is 30.7 Å². The number of fused-ring (bicyclic) bond motifs is 1. The summed E-state index contributed by atoms with van der Waals surface area (Å²) in [6, 6.07) is 5.55. The van der Waals surface area contributed by atoms with Crippen LogP contribution in [0.3, 0.4) is 0 Å². The van der Waals surface area contributed by atoms with Crippen LogP contribution in [0.4, 0.5) is 0 Å². The van der Waals surface area contributed by atoms with E-state index in [9.17, 15) is 4.79 Å². The van der Waals surface area contributed by atoms with Gasteiger partial charge in [-0.1, -0.05) is 12.8 Å². The average molecular weight is 286 g/mol. The molecule has 2 aromatic rings. The molecule has 3 rings (SSSR count). The van der Waals surface area contributed by atoms with Crippen molar-refractivity contribution in [1.29, 1.82) is 0 Å². The lowest BCUT2D eigenvalue weighted by molar-refractivity contribution is 0.0948. The number of likely N-dealkylation sites (tertiary alicyclic amines) is 1. The van der Waals surface area contributed by atoms with Crippen molar-refractivity contribution >= 4 is 16.9 Å². The van der Waals surface area contributed by atoms with Crippen LogP contribution in [-0.2, 0) is 0 Å². The van der Waals surface area contributed by atoms with Crippen LogP contribution >= 0.6 is 0 Å². The molecule has 1 aliphatic rings. The van der Waals surface area contributed by atoms with Crippen molar-refractivity contribution in [3.8, 4) is 0 Å². The minimum Gasteiger partial charge on any atom is -0.351 e. The normalized spacial score (nSPS) is 16.8. The zero-order chi connectivity index (χ0) is 14.5. The fraction of sp³-hybridized carbons (Fsp3) is 0.500. The first-order chi connectivity index (χ1) is 10.3. The third kappa shape index (κ3) is 3.61. The molecule has 0 atom stereocenters. The predicted molar refractivity (Wildman–Crippen MR) is 83.3 cm³/mol.